The second-order valence-electron chi connectivity index (χ2n) is 4.96. The van der Waals surface area contributed by atoms with Crippen molar-refractivity contribution in [1.82, 2.24) is 10.2 Å². The second-order valence-corrected chi connectivity index (χ2v) is 5.99. The van der Waals surface area contributed by atoms with Crippen molar-refractivity contribution >= 4 is 23.3 Å². The van der Waals surface area contributed by atoms with E-state index in [9.17, 15) is 14.7 Å². The van der Waals surface area contributed by atoms with Crippen molar-refractivity contribution in [3.63, 3.8) is 0 Å². The van der Waals surface area contributed by atoms with Crippen LogP contribution in [-0.4, -0.2) is 41.1 Å². The Morgan fingerprint density at radius 1 is 1.40 bits per heavy atom. The number of nitrogens with zero attached hydrogens (tertiary/aromatic N) is 1. The van der Waals surface area contributed by atoms with Gasteiger partial charge in [0.2, 0.25) is 0 Å². The molecule has 2 rings (SSSR count). The number of likely N-dealkylation sites (tertiary alicyclic amines) is 1. The van der Waals surface area contributed by atoms with Crippen molar-refractivity contribution in [3.8, 4) is 0 Å². The van der Waals surface area contributed by atoms with Crippen LogP contribution >= 0.6 is 11.3 Å². The van der Waals surface area contributed by atoms with Gasteiger partial charge >= 0.3 is 12.0 Å². The molecule has 0 saturated carbocycles. The van der Waals surface area contributed by atoms with Gasteiger partial charge in [-0.1, -0.05) is 18.9 Å². The van der Waals surface area contributed by atoms with Gasteiger partial charge < -0.3 is 15.3 Å². The van der Waals surface area contributed by atoms with Gasteiger partial charge in [0, 0.05) is 18.0 Å². The summed E-state index contributed by atoms with van der Waals surface area (Å²) >= 11 is 1.66. The highest BCUT2D eigenvalue weighted by molar-refractivity contribution is 7.09. The monoisotopic (exact) mass is 296 g/mol. The highest BCUT2D eigenvalue weighted by Gasteiger charge is 2.30. The molecule has 5 nitrogen and oxygen atoms in total. The molecule has 1 aromatic rings. The average molecular weight is 296 g/mol. The number of carbonyl (C=O) groups excluding carboxylic acids is 1. The maximum atomic E-state index is 12.1. The number of nitrogens with one attached hydrogen (secondary N) is 1. The molecule has 2 heterocycles. The van der Waals surface area contributed by atoms with Crippen LogP contribution in [0.5, 0.6) is 0 Å². The zero-order chi connectivity index (χ0) is 14.4. The summed E-state index contributed by atoms with van der Waals surface area (Å²) in [4.78, 5) is 26.1. The van der Waals surface area contributed by atoms with E-state index in [1.165, 1.54) is 9.78 Å². The van der Waals surface area contributed by atoms with Crippen molar-refractivity contribution in [2.75, 3.05) is 13.1 Å². The van der Waals surface area contributed by atoms with Crippen LogP contribution in [0.15, 0.2) is 17.5 Å². The third-order valence-electron chi connectivity index (χ3n) is 3.53. The Bertz CT molecular complexity index is 447. The normalized spacial score (nSPS) is 19.4. The van der Waals surface area contributed by atoms with Crippen molar-refractivity contribution in [1.29, 1.82) is 0 Å². The summed E-state index contributed by atoms with van der Waals surface area (Å²) < 4.78 is 0. The first-order valence-electron chi connectivity index (χ1n) is 6.98. The number of thiophene rings is 1. The number of amides is 2. The Kier molecular flexibility index (Phi) is 5.40. The third-order valence-corrected chi connectivity index (χ3v) is 4.46. The Morgan fingerprint density at radius 3 is 2.95 bits per heavy atom. The minimum absolute atomic E-state index is 0.254. The molecule has 1 aliphatic heterocycles. The minimum Gasteiger partial charge on any atom is -0.480 e. The first kappa shape index (κ1) is 14.8. The predicted molar refractivity (Wildman–Crippen MR) is 78.0 cm³/mol. The lowest BCUT2D eigenvalue weighted by atomic mass is 10.1. The summed E-state index contributed by atoms with van der Waals surface area (Å²) in [7, 11) is 0. The van der Waals surface area contributed by atoms with Crippen LogP contribution in [0.2, 0.25) is 0 Å². The number of hydrogen-bond donors (Lipinski definition) is 2. The molecule has 0 spiro atoms. The maximum Gasteiger partial charge on any atom is 0.326 e. The predicted octanol–water partition coefficient (Wildman–Crippen LogP) is 2.33. The SMILES string of the molecule is O=C(O)C1CCCCCN1C(=O)NCCc1cccs1. The van der Waals surface area contributed by atoms with Crippen LogP contribution in [0, 0.1) is 0 Å². The number of carbonyl (C=O) groups is 2. The van der Waals surface area contributed by atoms with Gasteiger partial charge in [0.15, 0.2) is 0 Å². The molecule has 6 heteroatoms. The van der Waals surface area contributed by atoms with Gasteiger partial charge in [-0.05, 0) is 30.7 Å². The van der Waals surface area contributed by atoms with E-state index in [2.05, 4.69) is 5.32 Å². The molecule has 1 unspecified atom stereocenters. The Morgan fingerprint density at radius 2 is 2.25 bits per heavy atom. The lowest BCUT2D eigenvalue weighted by Crippen LogP contribution is -2.49. The minimum atomic E-state index is -0.902. The fraction of sp³-hybridized carbons (Fsp3) is 0.571. The standard InChI is InChI=1S/C14H20N2O3S/c17-13(18)12-6-2-1-3-9-16(12)14(19)15-8-7-11-5-4-10-20-11/h4-5,10,12H,1-3,6-9H2,(H,15,19)(H,17,18). The lowest BCUT2D eigenvalue weighted by molar-refractivity contribution is -0.142. The molecule has 0 aromatic carbocycles. The van der Waals surface area contributed by atoms with E-state index in [1.807, 2.05) is 17.5 Å². The molecular formula is C14H20N2O3S. The fourth-order valence-corrected chi connectivity index (χ4v) is 3.17. The molecule has 20 heavy (non-hydrogen) atoms. The summed E-state index contributed by atoms with van der Waals surface area (Å²) in [6.07, 6.45) is 4.07. The second kappa shape index (κ2) is 7.28. The van der Waals surface area contributed by atoms with Crippen molar-refractivity contribution < 1.29 is 14.7 Å². The molecule has 1 saturated heterocycles. The molecule has 0 aliphatic carbocycles. The van der Waals surface area contributed by atoms with Gasteiger partial charge in [-0.2, -0.15) is 0 Å². The number of hydrogen-bond acceptors (Lipinski definition) is 3. The van der Waals surface area contributed by atoms with Crippen LogP contribution < -0.4 is 5.32 Å². The van der Waals surface area contributed by atoms with Crippen LogP contribution in [-0.2, 0) is 11.2 Å². The Balaban J connectivity index is 1.86. The molecule has 2 amide bonds. The number of carboxylic acid groups (broad SMARTS) is 1. The van der Waals surface area contributed by atoms with E-state index >= 15 is 0 Å². The lowest BCUT2D eigenvalue weighted by Gasteiger charge is -2.27. The largest absolute Gasteiger partial charge is 0.480 e. The number of carboxylic acids is 1. The molecule has 0 bridgehead atoms. The van der Waals surface area contributed by atoms with Gasteiger partial charge in [-0.25, -0.2) is 9.59 Å². The zero-order valence-corrected chi connectivity index (χ0v) is 12.2. The molecule has 2 N–H and O–H groups in total. The summed E-state index contributed by atoms with van der Waals surface area (Å²) in [5.74, 6) is -0.902. The third kappa shape index (κ3) is 3.96. The average Bonchev–Trinajstić information content (AvgIpc) is 2.80. The van der Waals surface area contributed by atoms with Gasteiger partial charge in [-0.3, -0.25) is 0 Å². The Labute approximate surface area is 122 Å². The smallest absolute Gasteiger partial charge is 0.326 e. The van der Waals surface area contributed by atoms with Crippen LogP contribution in [0.1, 0.15) is 30.6 Å². The highest BCUT2D eigenvalue weighted by atomic mass is 32.1. The van der Waals surface area contributed by atoms with E-state index in [1.54, 1.807) is 11.3 Å². The first-order valence-corrected chi connectivity index (χ1v) is 7.86. The molecule has 110 valence electrons. The van der Waals surface area contributed by atoms with Crippen molar-refractivity contribution in [2.24, 2.45) is 0 Å². The van der Waals surface area contributed by atoms with Crippen LogP contribution in [0.25, 0.3) is 0 Å². The summed E-state index contributed by atoms with van der Waals surface area (Å²) in [6.45, 7) is 1.07. The van der Waals surface area contributed by atoms with Gasteiger partial charge in [0.25, 0.3) is 0 Å². The van der Waals surface area contributed by atoms with E-state index in [-0.39, 0.29) is 6.03 Å². The maximum absolute atomic E-state index is 12.1. The zero-order valence-electron chi connectivity index (χ0n) is 11.4. The van der Waals surface area contributed by atoms with E-state index in [4.69, 9.17) is 0 Å². The number of aliphatic carboxylic acids is 1. The number of rotatable bonds is 4. The fourth-order valence-electron chi connectivity index (χ4n) is 2.46. The molecule has 1 aromatic heterocycles. The molecule has 0 radical (unpaired) electrons. The van der Waals surface area contributed by atoms with E-state index in [0.717, 1.165) is 25.7 Å². The first-order chi connectivity index (χ1) is 9.68. The topological polar surface area (TPSA) is 69.6 Å². The van der Waals surface area contributed by atoms with Gasteiger partial charge in [0.05, 0.1) is 0 Å². The highest BCUT2D eigenvalue weighted by Crippen LogP contribution is 2.17. The summed E-state index contributed by atoms with van der Waals surface area (Å²) in [5, 5.41) is 14.1. The van der Waals surface area contributed by atoms with Crippen LogP contribution in [0.4, 0.5) is 4.79 Å². The van der Waals surface area contributed by atoms with E-state index < -0.39 is 12.0 Å². The molecular weight excluding hydrogens is 276 g/mol. The van der Waals surface area contributed by atoms with Crippen LogP contribution in [0.3, 0.4) is 0 Å². The van der Waals surface area contributed by atoms with Crippen molar-refractivity contribution in [2.45, 2.75) is 38.1 Å². The molecule has 1 atom stereocenters. The van der Waals surface area contributed by atoms with Crippen molar-refractivity contribution in [3.05, 3.63) is 22.4 Å². The quantitative estimate of drug-likeness (QED) is 0.896. The molecule has 1 aliphatic rings. The summed E-state index contributed by atoms with van der Waals surface area (Å²) in [6, 6.07) is 3.08. The van der Waals surface area contributed by atoms with Gasteiger partial charge in [0.1, 0.15) is 6.04 Å². The number of urea groups is 1. The summed E-state index contributed by atoms with van der Waals surface area (Å²) in [5.41, 5.74) is 0. The Hall–Kier alpha value is -1.56. The van der Waals surface area contributed by atoms with E-state index in [0.29, 0.717) is 19.5 Å². The van der Waals surface area contributed by atoms with Gasteiger partial charge in [-0.15, -0.1) is 11.3 Å². The molecule has 1 fully saturated rings.